The Morgan fingerprint density at radius 3 is 2.77 bits per heavy atom. The van der Waals surface area contributed by atoms with Crippen LogP contribution >= 0.6 is 24.8 Å². The number of aromatic nitrogens is 2. The summed E-state index contributed by atoms with van der Waals surface area (Å²) in [6.45, 7) is 2.59. The van der Waals surface area contributed by atoms with Gasteiger partial charge in [0.1, 0.15) is 11.9 Å². The third-order valence-electron chi connectivity index (χ3n) is 3.97. The van der Waals surface area contributed by atoms with Gasteiger partial charge in [-0.15, -0.1) is 24.8 Å². The van der Waals surface area contributed by atoms with Crippen molar-refractivity contribution in [3.8, 4) is 11.8 Å². The fourth-order valence-electron chi connectivity index (χ4n) is 2.73. The molecule has 2 heterocycles. The van der Waals surface area contributed by atoms with Crippen molar-refractivity contribution >= 4 is 30.8 Å². The number of hydrogen-bond donors (Lipinski definition) is 2. The van der Waals surface area contributed by atoms with Gasteiger partial charge in [0.25, 0.3) is 0 Å². The molecule has 8 heteroatoms. The molecule has 1 aliphatic rings. The van der Waals surface area contributed by atoms with Crippen LogP contribution in [0.5, 0.6) is 5.75 Å². The minimum atomic E-state index is 0. The van der Waals surface area contributed by atoms with E-state index in [1.54, 1.807) is 18.5 Å². The summed E-state index contributed by atoms with van der Waals surface area (Å²) < 4.78 is 6.00. The lowest BCUT2D eigenvalue weighted by Crippen LogP contribution is -2.35. The number of nitrogens with one attached hydrogen (secondary N) is 2. The first-order chi connectivity index (χ1) is 11.8. The zero-order chi connectivity index (χ0) is 16.6. The number of benzene rings is 1. The molecule has 1 aliphatic heterocycles. The van der Waals surface area contributed by atoms with Crippen molar-refractivity contribution in [2.75, 3.05) is 25.0 Å². The Labute approximate surface area is 166 Å². The monoisotopic (exact) mass is 395 g/mol. The number of nitriles is 1. The van der Waals surface area contributed by atoms with Gasteiger partial charge in [-0.25, -0.2) is 9.97 Å². The minimum absolute atomic E-state index is 0. The standard InChI is InChI=1S/C18H21N5O.2ClH/c19-12-14-3-6-17-15(11-14)4-5-16(24-17)13-20-7-1-8-21-18-22-9-2-10-23-18;;/h2-3,6,9-11,16,20H,1,4-5,7-8,13H2,(H,21,22,23);2*1H. The van der Waals surface area contributed by atoms with E-state index in [4.69, 9.17) is 10.00 Å². The number of anilines is 1. The molecule has 0 saturated carbocycles. The minimum Gasteiger partial charge on any atom is -0.489 e. The van der Waals surface area contributed by atoms with Crippen LogP contribution in [0.2, 0.25) is 0 Å². The summed E-state index contributed by atoms with van der Waals surface area (Å²) in [6, 6.07) is 9.62. The Bertz CT molecular complexity index is 708. The van der Waals surface area contributed by atoms with Crippen LogP contribution in [0.15, 0.2) is 36.7 Å². The van der Waals surface area contributed by atoms with Crippen LogP contribution in [0.3, 0.4) is 0 Å². The molecular formula is C18H23Cl2N5O. The van der Waals surface area contributed by atoms with Gasteiger partial charge in [-0.05, 0) is 55.6 Å². The van der Waals surface area contributed by atoms with E-state index in [-0.39, 0.29) is 30.9 Å². The average molecular weight is 396 g/mol. The predicted octanol–water partition coefficient (Wildman–Crippen LogP) is 2.98. The van der Waals surface area contributed by atoms with Gasteiger partial charge >= 0.3 is 0 Å². The molecule has 0 amide bonds. The van der Waals surface area contributed by atoms with Gasteiger partial charge in [-0.3, -0.25) is 0 Å². The molecule has 1 unspecified atom stereocenters. The number of rotatable bonds is 7. The summed E-state index contributed by atoms with van der Waals surface area (Å²) in [6.07, 6.45) is 6.58. The average Bonchev–Trinajstić information content (AvgIpc) is 2.65. The highest BCUT2D eigenvalue weighted by atomic mass is 35.5. The van der Waals surface area contributed by atoms with Crippen molar-refractivity contribution in [3.63, 3.8) is 0 Å². The van der Waals surface area contributed by atoms with Gasteiger partial charge in [-0.2, -0.15) is 5.26 Å². The summed E-state index contributed by atoms with van der Waals surface area (Å²) in [4.78, 5) is 8.24. The van der Waals surface area contributed by atoms with Gasteiger partial charge in [0.2, 0.25) is 5.95 Å². The smallest absolute Gasteiger partial charge is 0.222 e. The Balaban J connectivity index is 0.00000169. The first-order valence-corrected chi connectivity index (χ1v) is 8.26. The topological polar surface area (TPSA) is 82.9 Å². The van der Waals surface area contributed by atoms with Crippen LogP contribution in [-0.2, 0) is 6.42 Å². The lowest BCUT2D eigenvalue weighted by Gasteiger charge is -2.26. The van der Waals surface area contributed by atoms with Crippen LogP contribution in [0.1, 0.15) is 24.0 Å². The van der Waals surface area contributed by atoms with Crippen LogP contribution in [0.4, 0.5) is 5.95 Å². The lowest BCUT2D eigenvalue weighted by atomic mass is 10.0. The Morgan fingerprint density at radius 2 is 2.00 bits per heavy atom. The fraction of sp³-hybridized carbons (Fsp3) is 0.389. The van der Waals surface area contributed by atoms with Crippen molar-refractivity contribution < 1.29 is 4.74 Å². The predicted molar refractivity (Wildman–Crippen MR) is 106 cm³/mol. The quantitative estimate of drug-likeness (QED) is 0.701. The number of hydrogen-bond acceptors (Lipinski definition) is 6. The van der Waals surface area contributed by atoms with Crippen LogP contribution in [0, 0.1) is 11.3 Å². The molecule has 2 aromatic rings. The maximum Gasteiger partial charge on any atom is 0.222 e. The molecule has 0 spiro atoms. The molecule has 0 bridgehead atoms. The number of fused-ring (bicyclic) bond motifs is 1. The first kappa shape index (κ1) is 22.0. The van der Waals surface area contributed by atoms with Crippen molar-refractivity contribution in [3.05, 3.63) is 47.8 Å². The van der Waals surface area contributed by atoms with Crippen LogP contribution in [-0.4, -0.2) is 35.7 Å². The molecule has 3 rings (SSSR count). The third-order valence-corrected chi connectivity index (χ3v) is 3.97. The van der Waals surface area contributed by atoms with Crippen molar-refractivity contribution in [1.29, 1.82) is 5.26 Å². The molecule has 1 aromatic carbocycles. The maximum atomic E-state index is 8.94. The van der Waals surface area contributed by atoms with E-state index >= 15 is 0 Å². The van der Waals surface area contributed by atoms with Crippen molar-refractivity contribution in [1.82, 2.24) is 15.3 Å². The second-order valence-electron chi connectivity index (χ2n) is 5.77. The Kier molecular flexibility index (Phi) is 9.74. The molecule has 26 heavy (non-hydrogen) atoms. The summed E-state index contributed by atoms with van der Waals surface area (Å²) in [5.74, 6) is 1.58. The van der Waals surface area contributed by atoms with Crippen molar-refractivity contribution in [2.45, 2.75) is 25.4 Å². The molecule has 1 aromatic heterocycles. The molecule has 6 nitrogen and oxygen atoms in total. The molecule has 140 valence electrons. The second-order valence-corrected chi connectivity index (χ2v) is 5.77. The summed E-state index contributed by atoms with van der Waals surface area (Å²) in [5.41, 5.74) is 1.83. The summed E-state index contributed by atoms with van der Waals surface area (Å²) in [5, 5.41) is 15.6. The van der Waals surface area contributed by atoms with Gasteiger partial charge in [0.15, 0.2) is 0 Å². The highest BCUT2D eigenvalue weighted by Gasteiger charge is 2.19. The van der Waals surface area contributed by atoms with E-state index in [0.717, 1.165) is 50.2 Å². The zero-order valence-electron chi connectivity index (χ0n) is 14.4. The van der Waals surface area contributed by atoms with Gasteiger partial charge < -0.3 is 15.4 Å². The van der Waals surface area contributed by atoms with Gasteiger partial charge in [0.05, 0.1) is 11.6 Å². The van der Waals surface area contributed by atoms with Gasteiger partial charge in [-0.1, -0.05) is 0 Å². The number of nitrogens with zero attached hydrogens (tertiary/aromatic N) is 3. The third kappa shape index (κ3) is 6.34. The van der Waals surface area contributed by atoms with E-state index in [2.05, 4.69) is 26.7 Å². The summed E-state index contributed by atoms with van der Waals surface area (Å²) >= 11 is 0. The Hall–Kier alpha value is -2.07. The van der Waals surface area contributed by atoms with E-state index in [9.17, 15) is 0 Å². The fourth-order valence-corrected chi connectivity index (χ4v) is 2.73. The maximum absolute atomic E-state index is 8.94. The molecule has 1 atom stereocenters. The van der Waals surface area contributed by atoms with E-state index < -0.39 is 0 Å². The second kappa shape index (κ2) is 11.5. The molecular weight excluding hydrogens is 373 g/mol. The summed E-state index contributed by atoms with van der Waals surface area (Å²) in [7, 11) is 0. The lowest BCUT2D eigenvalue weighted by molar-refractivity contribution is 0.171. The largest absolute Gasteiger partial charge is 0.489 e. The van der Waals surface area contributed by atoms with E-state index in [1.807, 2.05) is 18.2 Å². The van der Waals surface area contributed by atoms with Crippen molar-refractivity contribution in [2.24, 2.45) is 0 Å². The molecule has 0 fully saturated rings. The van der Waals surface area contributed by atoms with Crippen LogP contribution in [0.25, 0.3) is 0 Å². The first-order valence-electron chi connectivity index (χ1n) is 8.26. The normalized spacial score (nSPS) is 14.7. The highest BCUT2D eigenvalue weighted by Crippen LogP contribution is 2.28. The highest BCUT2D eigenvalue weighted by molar-refractivity contribution is 5.85. The zero-order valence-corrected chi connectivity index (χ0v) is 16.0. The number of ether oxygens (including phenoxy) is 1. The Morgan fingerprint density at radius 1 is 1.19 bits per heavy atom. The van der Waals surface area contributed by atoms with E-state index in [0.29, 0.717) is 11.5 Å². The molecule has 0 radical (unpaired) electrons. The number of halogens is 2. The molecule has 2 N–H and O–H groups in total. The van der Waals surface area contributed by atoms with Crippen LogP contribution < -0.4 is 15.4 Å². The number of aryl methyl sites for hydroxylation is 1. The van der Waals surface area contributed by atoms with E-state index in [1.165, 1.54) is 0 Å². The molecule has 0 saturated heterocycles. The SMILES string of the molecule is Cl.Cl.N#Cc1ccc2c(c1)CCC(CNCCCNc1ncccn1)O2. The van der Waals surface area contributed by atoms with Gasteiger partial charge in [0, 0.05) is 25.5 Å². The molecule has 0 aliphatic carbocycles.